The van der Waals surface area contributed by atoms with Crippen molar-refractivity contribution in [2.45, 2.75) is 32.7 Å². The molecule has 0 spiro atoms. The predicted molar refractivity (Wildman–Crippen MR) is 124 cm³/mol. The van der Waals surface area contributed by atoms with Crippen LogP contribution in [0.1, 0.15) is 48.1 Å². The summed E-state index contributed by atoms with van der Waals surface area (Å²) in [5.41, 5.74) is 5.44. The fraction of sp³-hybridized carbons (Fsp3) is 0.222. The predicted octanol–water partition coefficient (Wildman–Crippen LogP) is 6.18. The molecule has 1 aliphatic rings. The number of aryl methyl sites for hydroxylation is 1. The molecule has 1 heterocycles. The van der Waals surface area contributed by atoms with Crippen LogP contribution < -0.4 is 9.64 Å². The number of nitrogens with zero attached hydrogens (tertiary/aromatic N) is 1. The molecule has 0 aromatic heterocycles. The lowest BCUT2D eigenvalue weighted by Gasteiger charge is -2.28. The third-order valence-electron chi connectivity index (χ3n) is 5.84. The molecule has 1 atom stereocenters. The molecule has 0 saturated carbocycles. The van der Waals surface area contributed by atoms with E-state index in [-0.39, 0.29) is 5.76 Å². The van der Waals surface area contributed by atoms with Crippen LogP contribution in [0.15, 0.2) is 78.6 Å². The molecular weight excluding hydrogens is 386 g/mol. The topological polar surface area (TPSA) is 49.8 Å². The Morgan fingerprint density at radius 2 is 1.52 bits per heavy atom. The monoisotopic (exact) mass is 413 g/mol. The van der Waals surface area contributed by atoms with E-state index in [0.29, 0.717) is 11.5 Å². The minimum atomic E-state index is -0.426. The van der Waals surface area contributed by atoms with E-state index in [2.05, 4.69) is 38.1 Å². The molecular formula is C27H27NO3. The maximum absolute atomic E-state index is 13.2. The zero-order valence-electron chi connectivity index (χ0n) is 18.3. The Hall–Kier alpha value is -3.53. The van der Waals surface area contributed by atoms with Crippen molar-refractivity contribution in [1.29, 1.82) is 0 Å². The molecule has 0 unspecified atom stereocenters. The Balaban J connectivity index is 1.86. The molecule has 1 amide bonds. The number of amides is 1. The van der Waals surface area contributed by atoms with Gasteiger partial charge in [0.25, 0.3) is 5.91 Å². The molecule has 0 aliphatic carbocycles. The van der Waals surface area contributed by atoms with Gasteiger partial charge in [-0.15, -0.1) is 0 Å². The fourth-order valence-electron chi connectivity index (χ4n) is 4.02. The van der Waals surface area contributed by atoms with Gasteiger partial charge >= 0.3 is 0 Å². The van der Waals surface area contributed by atoms with Crippen molar-refractivity contribution >= 4 is 17.2 Å². The summed E-state index contributed by atoms with van der Waals surface area (Å²) in [4.78, 5) is 14.9. The summed E-state index contributed by atoms with van der Waals surface area (Å²) in [7, 11) is 1.61. The number of methoxy groups -OCH3 is 1. The summed E-state index contributed by atoms with van der Waals surface area (Å²) in [6.45, 7) is 6.32. The van der Waals surface area contributed by atoms with Crippen LogP contribution in [0.4, 0.5) is 5.69 Å². The number of aliphatic hydroxyl groups excluding tert-OH is 1. The minimum absolute atomic E-state index is 0.219. The lowest BCUT2D eigenvalue weighted by Crippen LogP contribution is -2.30. The van der Waals surface area contributed by atoms with Crippen molar-refractivity contribution in [2.24, 2.45) is 0 Å². The van der Waals surface area contributed by atoms with Crippen molar-refractivity contribution < 1.29 is 14.6 Å². The van der Waals surface area contributed by atoms with Gasteiger partial charge in [0.2, 0.25) is 0 Å². The van der Waals surface area contributed by atoms with Crippen molar-refractivity contribution in [3.8, 4) is 5.75 Å². The molecule has 0 saturated heterocycles. The molecule has 4 nitrogen and oxygen atoms in total. The van der Waals surface area contributed by atoms with E-state index in [0.717, 1.165) is 28.1 Å². The second kappa shape index (κ2) is 8.31. The van der Waals surface area contributed by atoms with Gasteiger partial charge in [0.15, 0.2) is 5.76 Å². The summed E-state index contributed by atoms with van der Waals surface area (Å²) in [5.74, 6) is 0.523. The van der Waals surface area contributed by atoms with Crippen LogP contribution in [-0.4, -0.2) is 18.1 Å². The Morgan fingerprint density at radius 3 is 2.06 bits per heavy atom. The fourth-order valence-corrected chi connectivity index (χ4v) is 4.02. The third-order valence-corrected chi connectivity index (χ3v) is 5.84. The van der Waals surface area contributed by atoms with Crippen LogP contribution in [0.2, 0.25) is 0 Å². The van der Waals surface area contributed by atoms with Crippen molar-refractivity contribution in [3.05, 3.63) is 101 Å². The molecule has 3 aromatic carbocycles. The zero-order valence-corrected chi connectivity index (χ0v) is 18.3. The number of hydrogen-bond acceptors (Lipinski definition) is 3. The molecule has 1 N–H and O–H groups in total. The lowest BCUT2D eigenvalue weighted by atomic mass is 9.91. The molecule has 0 bridgehead atoms. The molecule has 158 valence electrons. The number of carbonyl (C=O) groups is 1. The second-order valence-corrected chi connectivity index (χ2v) is 8.23. The first-order valence-corrected chi connectivity index (χ1v) is 10.5. The highest BCUT2D eigenvalue weighted by atomic mass is 16.5. The average molecular weight is 414 g/mol. The number of ether oxygens (including phenoxy) is 1. The van der Waals surface area contributed by atoms with E-state index in [9.17, 15) is 9.90 Å². The first kappa shape index (κ1) is 20.7. The Labute approximate surface area is 183 Å². The van der Waals surface area contributed by atoms with Gasteiger partial charge in [0.05, 0.1) is 13.2 Å². The zero-order chi connectivity index (χ0) is 22.1. The summed E-state index contributed by atoms with van der Waals surface area (Å²) in [6, 6.07) is 23.1. The minimum Gasteiger partial charge on any atom is -0.503 e. The van der Waals surface area contributed by atoms with E-state index in [4.69, 9.17) is 4.74 Å². The highest BCUT2D eigenvalue weighted by Crippen LogP contribution is 2.45. The summed E-state index contributed by atoms with van der Waals surface area (Å²) < 4.78 is 5.27. The van der Waals surface area contributed by atoms with Crippen LogP contribution in [0.5, 0.6) is 5.75 Å². The van der Waals surface area contributed by atoms with Gasteiger partial charge in [-0.05, 0) is 53.8 Å². The van der Waals surface area contributed by atoms with E-state index in [1.54, 1.807) is 12.0 Å². The van der Waals surface area contributed by atoms with Crippen molar-refractivity contribution in [3.63, 3.8) is 0 Å². The van der Waals surface area contributed by atoms with Gasteiger partial charge in [-0.2, -0.15) is 0 Å². The summed E-state index contributed by atoms with van der Waals surface area (Å²) in [5, 5.41) is 11.0. The average Bonchev–Trinajstić information content (AvgIpc) is 3.05. The highest BCUT2D eigenvalue weighted by molar-refractivity contribution is 6.16. The SMILES string of the molecule is COc1ccc(C2=C(O)C(=O)N(c3ccc(C)cc3)[C@@H]2c2ccc(C(C)C)cc2)cc1. The van der Waals surface area contributed by atoms with E-state index < -0.39 is 11.9 Å². The molecule has 0 radical (unpaired) electrons. The smallest absolute Gasteiger partial charge is 0.294 e. The van der Waals surface area contributed by atoms with Crippen molar-refractivity contribution in [2.75, 3.05) is 12.0 Å². The Morgan fingerprint density at radius 1 is 0.903 bits per heavy atom. The van der Waals surface area contributed by atoms with Gasteiger partial charge in [0.1, 0.15) is 5.75 Å². The molecule has 4 heteroatoms. The number of aliphatic hydroxyl groups is 1. The van der Waals surface area contributed by atoms with E-state index in [1.165, 1.54) is 5.56 Å². The van der Waals surface area contributed by atoms with Crippen molar-refractivity contribution in [1.82, 2.24) is 0 Å². The number of rotatable bonds is 5. The maximum atomic E-state index is 13.2. The van der Waals surface area contributed by atoms with Crippen LogP contribution in [0.3, 0.4) is 0 Å². The first-order valence-electron chi connectivity index (χ1n) is 10.5. The summed E-state index contributed by atoms with van der Waals surface area (Å²) in [6.07, 6.45) is 0. The number of hydrogen-bond donors (Lipinski definition) is 1. The van der Waals surface area contributed by atoms with Gasteiger partial charge in [-0.25, -0.2) is 0 Å². The summed E-state index contributed by atoms with van der Waals surface area (Å²) >= 11 is 0. The normalized spacial score (nSPS) is 16.4. The molecule has 4 rings (SSSR count). The molecule has 3 aromatic rings. The quantitative estimate of drug-likeness (QED) is 0.543. The van der Waals surface area contributed by atoms with Crippen LogP contribution in [-0.2, 0) is 4.79 Å². The van der Waals surface area contributed by atoms with Gasteiger partial charge in [0, 0.05) is 11.3 Å². The van der Waals surface area contributed by atoms with Gasteiger partial charge in [-0.1, -0.05) is 67.9 Å². The second-order valence-electron chi connectivity index (χ2n) is 8.23. The largest absolute Gasteiger partial charge is 0.503 e. The Bertz CT molecular complexity index is 1110. The van der Waals surface area contributed by atoms with Crippen LogP contribution >= 0.6 is 0 Å². The molecule has 31 heavy (non-hydrogen) atoms. The maximum Gasteiger partial charge on any atom is 0.294 e. The first-order chi connectivity index (χ1) is 14.9. The van der Waals surface area contributed by atoms with Gasteiger partial charge in [-0.3, -0.25) is 9.69 Å². The third kappa shape index (κ3) is 3.81. The van der Waals surface area contributed by atoms with E-state index >= 15 is 0 Å². The molecule has 0 fully saturated rings. The highest BCUT2D eigenvalue weighted by Gasteiger charge is 2.42. The number of carbonyl (C=O) groups excluding carboxylic acids is 1. The van der Waals surface area contributed by atoms with Gasteiger partial charge < -0.3 is 9.84 Å². The lowest BCUT2D eigenvalue weighted by molar-refractivity contribution is -0.117. The number of anilines is 1. The Kier molecular flexibility index (Phi) is 5.55. The van der Waals surface area contributed by atoms with Crippen LogP contribution in [0, 0.1) is 6.92 Å². The van der Waals surface area contributed by atoms with E-state index in [1.807, 2.05) is 55.5 Å². The number of benzene rings is 3. The van der Waals surface area contributed by atoms with Crippen LogP contribution in [0.25, 0.3) is 5.57 Å². The molecule has 1 aliphatic heterocycles. The standard InChI is InChI=1S/C27H27NO3/c1-17(2)19-7-9-21(10-8-19)25-24(20-11-15-23(31-4)16-12-20)26(29)27(30)28(25)22-13-5-18(3)6-14-22/h5-17,25,29H,1-4H3/t25-/m1/s1.